The van der Waals surface area contributed by atoms with Gasteiger partial charge in [0, 0.05) is 6.54 Å². The Morgan fingerprint density at radius 1 is 1.00 bits per heavy atom. The molecule has 5 rings (SSSR count). The molecular formula is C27H22FNO6. The van der Waals surface area contributed by atoms with E-state index in [9.17, 15) is 19.1 Å². The highest BCUT2D eigenvalue weighted by molar-refractivity contribution is 5.99. The molecule has 0 radical (unpaired) electrons. The molecule has 0 saturated heterocycles. The van der Waals surface area contributed by atoms with Crippen LogP contribution in [0.2, 0.25) is 0 Å². The third-order valence-electron chi connectivity index (χ3n) is 6.20. The van der Waals surface area contributed by atoms with Crippen molar-refractivity contribution in [2.75, 3.05) is 20.8 Å². The van der Waals surface area contributed by atoms with E-state index >= 15 is 0 Å². The molecule has 3 aromatic carbocycles. The molecule has 0 spiro atoms. The first-order valence-corrected chi connectivity index (χ1v) is 11.0. The number of hydrogen-bond acceptors (Lipinski definition) is 6. The van der Waals surface area contributed by atoms with Crippen molar-refractivity contribution < 1.29 is 28.2 Å². The zero-order valence-electron chi connectivity index (χ0n) is 19.1. The summed E-state index contributed by atoms with van der Waals surface area (Å²) in [6, 6.07) is 14.7. The van der Waals surface area contributed by atoms with Crippen LogP contribution in [0.5, 0.6) is 17.2 Å². The van der Waals surface area contributed by atoms with Gasteiger partial charge in [0.1, 0.15) is 17.1 Å². The Hall–Kier alpha value is -4.33. The average molecular weight is 475 g/mol. The number of phenolic OH excluding ortho intramolecular Hbond substituents is 1. The average Bonchev–Trinajstić information content (AvgIpc) is 3.14. The van der Waals surface area contributed by atoms with Crippen molar-refractivity contribution in [3.8, 4) is 17.2 Å². The number of rotatable bonds is 6. The summed E-state index contributed by atoms with van der Waals surface area (Å²) in [6.45, 7) is 0.253. The molecule has 35 heavy (non-hydrogen) atoms. The quantitative estimate of drug-likeness (QED) is 0.444. The van der Waals surface area contributed by atoms with Crippen molar-refractivity contribution in [2.45, 2.75) is 12.5 Å². The van der Waals surface area contributed by atoms with Crippen molar-refractivity contribution in [1.29, 1.82) is 0 Å². The Kier molecular flexibility index (Phi) is 5.64. The lowest BCUT2D eigenvalue weighted by Gasteiger charge is -2.25. The summed E-state index contributed by atoms with van der Waals surface area (Å²) in [4.78, 5) is 28.5. The summed E-state index contributed by atoms with van der Waals surface area (Å²) in [5.74, 6) is 0.0580. The minimum atomic E-state index is -0.798. The number of amides is 1. The molecule has 1 aliphatic rings. The van der Waals surface area contributed by atoms with Gasteiger partial charge in [0.2, 0.25) is 5.76 Å². The highest BCUT2D eigenvalue weighted by Crippen LogP contribution is 2.39. The molecule has 7 nitrogen and oxygen atoms in total. The van der Waals surface area contributed by atoms with Gasteiger partial charge in [-0.2, -0.15) is 0 Å². The Bertz CT molecular complexity index is 1510. The summed E-state index contributed by atoms with van der Waals surface area (Å²) >= 11 is 0. The maximum atomic E-state index is 13.9. The zero-order valence-corrected chi connectivity index (χ0v) is 19.1. The second-order valence-electron chi connectivity index (χ2n) is 8.25. The monoisotopic (exact) mass is 475 g/mol. The summed E-state index contributed by atoms with van der Waals surface area (Å²) in [7, 11) is 3.10. The van der Waals surface area contributed by atoms with E-state index in [4.69, 9.17) is 13.9 Å². The first-order chi connectivity index (χ1) is 16.9. The number of phenols is 1. The molecule has 2 heterocycles. The van der Waals surface area contributed by atoms with E-state index in [0.717, 1.165) is 11.6 Å². The number of carbonyl (C=O) groups is 1. The molecule has 1 atom stereocenters. The van der Waals surface area contributed by atoms with Crippen molar-refractivity contribution in [3.63, 3.8) is 0 Å². The number of benzene rings is 3. The van der Waals surface area contributed by atoms with E-state index in [2.05, 4.69) is 0 Å². The van der Waals surface area contributed by atoms with Crippen LogP contribution in [0.25, 0.3) is 11.0 Å². The van der Waals surface area contributed by atoms with Gasteiger partial charge in [0.25, 0.3) is 5.91 Å². The topological polar surface area (TPSA) is 89.2 Å². The van der Waals surface area contributed by atoms with Crippen molar-refractivity contribution >= 4 is 16.9 Å². The molecule has 1 aliphatic heterocycles. The molecule has 1 unspecified atom stereocenters. The fourth-order valence-electron chi connectivity index (χ4n) is 4.55. The van der Waals surface area contributed by atoms with E-state index in [1.54, 1.807) is 32.4 Å². The lowest BCUT2D eigenvalue weighted by molar-refractivity contribution is 0.0730. The lowest BCUT2D eigenvalue weighted by atomic mass is 9.98. The van der Waals surface area contributed by atoms with Gasteiger partial charge >= 0.3 is 0 Å². The van der Waals surface area contributed by atoms with E-state index in [1.807, 2.05) is 12.1 Å². The SMILES string of the molecule is COc1ccc(CCN2C(=O)c3oc4ccc(F)cc4c(=O)c3C2c2cccc(O)c2)cc1OC. The number of ether oxygens (including phenoxy) is 2. The summed E-state index contributed by atoms with van der Waals surface area (Å²) < 4.78 is 30.4. The van der Waals surface area contributed by atoms with Gasteiger partial charge in [-0.3, -0.25) is 9.59 Å². The fourth-order valence-corrected chi connectivity index (χ4v) is 4.55. The summed E-state index contributed by atoms with van der Waals surface area (Å²) in [5, 5.41) is 10.1. The van der Waals surface area contributed by atoms with Gasteiger partial charge in [0.15, 0.2) is 16.9 Å². The second-order valence-corrected chi connectivity index (χ2v) is 8.25. The Morgan fingerprint density at radius 3 is 2.54 bits per heavy atom. The maximum Gasteiger partial charge on any atom is 0.290 e. The van der Waals surface area contributed by atoms with Gasteiger partial charge in [-0.05, 0) is 60.0 Å². The van der Waals surface area contributed by atoms with Gasteiger partial charge in [0.05, 0.1) is 31.2 Å². The Morgan fingerprint density at radius 2 is 1.80 bits per heavy atom. The van der Waals surface area contributed by atoms with Crippen LogP contribution in [0.3, 0.4) is 0 Å². The summed E-state index contributed by atoms with van der Waals surface area (Å²) in [5.41, 5.74) is 1.24. The first kappa shape index (κ1) is 22.5. The van der Waals surface area contributed by atoms with E-state index in [1.165, 1.54) is 29.2 Å². The molecule has 0 bridgehead atoms. The predicted octanol–water partition coefficient (Wildman–Crippen LogP) is 4.44. The second kappa shape index (κ2) is 8.79. The van der Waals surface area contributed by atoms with Crippen LogP contribution < -0.4 is 14.9 Å². The molecule has 178 valence electrons. The highest BCUT2D eigenvalue weighted by atomic mass is 19.1. The van der Waals surface area contributed by atoms with Crippen LogP contribution in [0.1, 0.15) is 33.3 Å². The maximum absolute atomic E-state index is 13.9. The number of methoxy groups -OCH3 is 2. The van der Waals surface area contributed by atoms with Gasteiger partial charge in [-0.1, -0.05) is 18.2 Å². The molecule has 0 fully saturated rings. The third-order valence-corrected chi connectivity index (χ3v) is 6.20. The minimum absolute atomic E-state index is 0.000499. The summed E-state index contributed by atoms with van der Waals surface area (Å²) in [6.07, 6.45) is 0.456. The van der Waals surface area contributed by atoms with Crippen LogP contribution >= 0.6 is 0 Å². The normalized spacial score (nSPS) is 14.9. The number of aromatic hydroxyl groups is 1. The van der Waals surface area contributed by atoms with Gasteiger partial charge < -0.3 is 23.9 Å². The standard InChI is InChI=1S/C27H22FNO6/c1-33-21-8-6-15(12-22(21)34-2)10-11-29-24(16-4-3-5-18(30)13-16)23-25(31)19-14-17(28)7-9-20(19)35-26(23)27(29)32/h3-9,12-14,24,30H,10-11H2,1-2H3. The van der Waals surface area contributed by atoms with Crippen LogP contribution in [-0.2, 0) is 6.42 Å². The fraction of sp³-hybridized carbons (Fsp3) is 0.185. The third kappa shape index (κ3) is 3.86. The first-order valence-electron chi connectivity index (χ1n) is 11.0. The number of carbonyl (C=O) groups excluding carboxylic acids is 1. The van der Waals surface area contributed by atoms with Gasteiger partial charge in [-0.25, -0.2) is 4.39 Å². The Labute approximate surface area is 199 Å². The molecule has 1 amide bonds. The van der Waals surface area contributed by atoms with Gasteiger partial charge in [-0.15, -0.1) is 0 Å². The number of nitrogens with zero attached hydrogens (tertiary/aromatic N) is 1. The molecule has 8 heteroatoms. The van der Waals surface area contributed by atoms with E-state index in [-0.39, 0.29) is 34.6 Å². The molecule has 1 N–H and O–H groups in total. The highest BCUT2D eigenvalue weighted by Gasteiger charge is 2.42. The number of halogens is 1. The number of fused-ring (bicyclic) bond motifs is 2. The largest absolute Gasteiger partial charge is 0.508 e. The predicted molar refractivity (Wildman–Crippen MR) is 127 cm³/mol. The van der Waals surface area contributed by atoms with E-state index in [0.29, 0.717) is 23.5 Å². The lowest BCUT2D eigenvalue weighted by Crippen LogP contribution is -2.31. The van der Waals surface area contributed by atoms with Crippen molar-refractivity contribution in [1.82, 2.24) is 4.90 Å². The molecule has 0 aliphatic carbocycles. The minimum Gasteiger partial charge on any atom is -0.508 e. The molecule has 4 aromatic rings. The van der Waals surface area contributed by atoms with Crippen LogP contribution in [0.15, 0.2) is 69.9 Å². The molecular weight excluding hydrogens is 453 g/mol. The van der Waals surface area contributed by atoms with Crippen molar-refractivity contribution in [2.24, 2.45) is 0 Å². The van der Waals surface area contributed by atoms with E-state index < -0.39 is 23.2 Å². The molecule has 0 saturated carbocycles. The Balaban J connectivity index is 1.59. The van der Waals surface area contributed by atoms with Crippen molar-refractivity contribution in [3.05, 3.63) is 99.2 Å². The zero-order chi connectivity index (χ0) is 24.7. The van der Waals surface area contributed by atoms with Crippen LogP contribution in [-0.4, -0.2) is 36.7 Å². The molecule has 1 aromatic heterocycles. The van der Waals surface area contributed by atoms with Crippen LogP contribution in [0, 0.1) is 5.82 Å². The number of hydrogen-bond donors (Lipinski definition) is 1. The van der Waals surface area contributed by atoms with Crippen LogP contribution in [0.4, 0.5) is 4.39 Å². The smallest absolute Gasteiger partial charge is 0.290 e.